The van der Waals surface area contributed by atoms with Crippen LogP contribution in [0, 0.1) is 6.92 Å². The van der Waals surface area contributed by atoms with E-state index in [9.17, 15) is 18.0 Å². The Bertz CT molecular complexity index is 628. The Balaban J connectivity index is 2.08. The number of hydrogen-bond acceptors (Lipinski definition) is 4. The fraction of sp³-hybridized carbons (Fsp3) is 0.625. The highest BCUT2D eigenvalue weighted by Gasteiger charge is 2.36. The Hall–Kier alpha value is -1.70. The number of rotatable bonds is 1. The van der Waals surface area contributed by atoms with Crippen LogP contribution in [0.2, 0.25) is 5.15 Å². The van der Waals surface area contributed by atoms with E-state index >= 15 is 0 Å². The number of hydrogen-bond donors (Lipinski definition) is 0. The number of pyridine rings is 1. The number of nitrogens with zero attached hydrogens (tertiary/aromatic N) is 3. The van der Waals surface area contributed by atoms with Gasteiger partial charge in [-0.2, -0.15) is 13.2 Å². The number of anilines is 1. The van der Waals surface area contributed by atoms with Crippen molar-refractivity contribution in [1.82, 2.24) is 9.88 Å². The second-order valence-corrected chi connectivity index (χ2v) is 7.27. The maximum Gasteiger partial charge on any atom is 0.419 e. The Kier molecular flexibility index (Phi) is 5.41. The zero-order chi connectivity index (χ0) is 19.0. The maximum absolute atomic E-state index is 13.0. The van der Waals surface area contributed by atoms with Gasteiger partial charge in [0.05, 0.1) is 5.56 Å². The summed E-state index contributed by atoms with van der Waals surface area (Å²) in [5, 5.41) is -0.558. The minimum absolute atomic E-state index is 0.0251. The lowest BCUT2D eigenvalue weighted by atomic mass is 10.1. The molecule has 1 aromatic heterocycles. The molecule has 0 aromatic carbocycles. The molecule has 0 aliphatic carbocycles. The van der Waals surface area contributed by atoms with Crippen molar-refractivity contribution in [2.75, 3.05) is 31.1 Å². The Morgan fingerprint density at radius 2 is 1.76 bits per heavy atom. The van der Waals surface area contributed by atoms with E-state index in [-0.39, 0.29) is 5.56 Å². The number of halogens is 4. The Morgan fingerprint density at radius 3 is 2.20 bits per heavy atom. The summed E-state index contributed by atoms with van der Waals surface area (Å²) < 4.78 is 44.2. The van der Waals surface area contributed by atoms with Gasteiger partial charge in [0, 0.05) is 26.2 Å². The van der Waals surface area contributed by atoms with Crippen LogP contribution in [-0.2, 0) is 10.9 Å². The molecule has 0 radical (unpaired) electrons. The van der Waals surface area contributed by atoms with E-state index in [0.29, 0.717) is 32.0 Å². The van der Waals surface area contributed by atoms with Crippen molar-refractivity contribution in [2.45, 2.75) is 39.5 Å². The molecule has 2 rings (SSSR count). The lowest BCUT2D eigenvalue weighted by Crippen LogP contribution is -2.50. The van der Waals surface area contributed by atoms with Gasteiger partial charge in [-0.3, -0.25) is 0 Å². The van der Waals surface area contributed by atoms with Crippen LogP contribution in [0.25, 0.3) is 0 Å². The van der Waals surface area contributed by atoms with Crippen LogP contribution < -0.4 is 4.90 Å². The third-order valence-corrected chi connectivity index (χ3v) is 3.97. The average Bonchev–Trinajstić information content (AvgIpc) is 2.43. The number of carbonyl (C=O) groups is 1. The summed E-state index contributed by atoms with van der Waals surface area (Å²) in [5.41, 5.74) is -1.46. The second-order valence-electron chi connectivity index (χ2n) is 6.92. The summed E-state index contributed by atoms with van der Waals surface area (Å²) in [6.07, 6.45) is -4.94. The fourth-order valence-corrected chi connectivity index (χ4v) is 2.91. The third kappa shape index (κ3) is 4.90. The van der Waals surface area contributed by atoms with Crippen molar-refractivity contribution in [3.63, 3.8) is 0 Å². The minimum Gasteiger partial charge on any atom is -0.444 e. The van der Waals surface area contributed by atoms with Crippen LogP contribution in [-0.4, -0.2) is 47.8 Å². The first-order chi connectivity index (χ1) is 11.4. The molecule has 1 saturated heterocycles. The average molecular weight is 380 g/mol. The van der Waals surface area contributed by atoms with Crippen LogP contribution in [0.1, 0.15) is 31.9 Å². The van der Waals surface area contributed by atoms with Crippen LogP contribution in [0.5, 0.6) is 0 Å². The van der Waals surface area contributed by atoms with Gasteiger partial charge >= 0.3 is 12.3 Å². The van der Waals surface area contributed by atoms with Crippen LogP contribution >= 0.6 is 11.6 Å². The van der Waals surface area contributed by atoms with Crippen molar-refractivity contribution in [1.29, 1.82) is 0 Å². The molecular formula is C16H21ClF3N3O2. The molecule has 1 aliphatic heterocycles. The molecule has 25 heavy (non-hydrogen) atoms. The Morgan fingerprint density at radius 1 is 1.20 bits per heavy atom. The van der Waals surface area contributed by atoms with Gasteiger partial charge in [0.2, 0.25) is 0 Å². The first kappa shape index (κ1) is 19.6. The molecule has 0 spiro atoms. The first-order valence-corrected chi connectivity index (χ1v) is 8.23. The highest BCUT2D eigenvalue weighted by Crippen LogP contribution is 2.37. The van der Waals surface area contributed by atoms with Gasteiger partial charge < -0.3 is 14.5 Å². The van der Waals surface area contributed by atoms with Gasteiger partial charge in [-0.15, -0.1) is 0 Å². The zero-order valence-electron chi connectivity index (χ0n) is 14.6. The van der Waals surface area contributed by atoms with E-state index in [0.717, 1.165) is 0 Å². The van der Waals surface area contributed by atoms with Gasteiger partial charge in [0.15, 0.2) is 0 Å². The zero-order valence-corrected chi connectivity index (χ0v) is 15.3. The largest absolute Gasteiger partial charge is 0.444 e. The van der Waals surface area contributed by atoms with E-state index in [1.807, 2.05) is 0 Å². The SMILES string of the molecule is Cc1cc(N2CCN(C(=O)OC(C)(C)C)CC2)nc(Cl)c1C(F)(F)F. The van der Waals surface area contributed by atoms with Crippen LogP contribution in [0.4, 0.5) is 23.8 Å². The standard InChI is InChI=1S/C16H21ClF3N3O2/c1-10-9-11(21-13(17)12(10)16(18,19)20)22-5-7-23(8-6-22)14(24)25-15(2,3)4/h9H,5-8H2,1-4H3. The van der Waals surface area contributed by atoms with E-state index in [4.69, 9.17) is 16.3 Å². The third-order valence-electron chi connectivity index (χ3n) is 3.70. The number of ether oxygens (including phenoxy) is 1. The summed E-state index contributed by atoms with van der Waals surface area (Å²) in [5.74, 6) is 0.374. The van der Waals surface area contributed by atoms with Crippen LogP contribution in [0.15, 0.2) is 6.07 Å². The molecule has 0 unspecified atom stereocenters. The molecule has 1 aromatic rings. The normalized spacial score (nSPS) is 16.2. The van der Waals surface area contributed by atoms with E-state index in [1.54, 1.807) is 30.6 Å². The van der Waals surface area contributed by atoms with Gasteiger partial charge in [0.25, 0.3) is 0 Å². The highest BCUT2D eigenvalue weighted by molar-refractivity contribution is 6.30. The maximum atomic E-state index is 13.0. The first-order valence-electron chi connectivity index (χ1n) is 7.85. The van der Waals surface area contributed by atoms with Crippen molar-refractivity contribution in [3.8, 4) is 0 Å². The predicted molar refractivity (Wildman–Crippen MR) is 89.0 cm³/mol. The van der Waals surface area contributed by atoms with Crippen molar-refractivity contribution in [2.24, 2.45) is 0 Å². The molecule has 5 nitrogen and oxygen atoms in total. The number of carbonyl (C=O) groups excluding carboxylic acids is 1. The molecule has 9 heteroatoms. The van der Waals surface area contributed by atoms with Gasteiger partial charge in [0.1, 0.15) is 16.6 Å². The summed E-state index contributed by atoms with van der Waals surface area (Å²) >= 11 is 5.75. The molecule has 1 amide bonds. The molecule has 140 valence electrons. The smallest absolute Gasteiger partial charge is 0.419 e. The summed E-state index contributed by atoms with van der Waals surface area (Å²) in [4.78, 5) is 19.3. The molecule has 2 heterocycles. The number of piperazine rings is 1. The monoisotopic (exact) mass is 379 g/mol. The van der Waals surface area contributed by atoms with Crippen molar-refractivity contribution >= 4 is 23.5 Å². The lowest BCUT2D eigenvalue weighted by molar-refractivity contribution is -0.138. The van der Waals surface area contributed by atoms with Crippen molar-refractivity contribution < 1.29 is 22.7 Å². The second kappa shape index (κ2) is 6.90. The summed E-state index contributed by atoms with van der Waals surface area (Å²) in [6, 6.07) is 1.37. The number of aryl methyl sites for hydroxylation is 1. The van der Waals surface area contributed by atoms with Gasteiger partial charge in [-0.1, -0.05) is 11.6 Å². The molecule has 1 aliphatic rings. The fourth-order valence-electron chi connectivity index (χ4n) is 2.56. The molecule has 1 fully saturated rings. The molecule has 0 atom stereocenters. The van der Waals surface area contributed by atoms with Crippen LogP contribution in [0.3, 0.4) is 0 Å². The lowest BCUT2D eigenvalue weighted by Gasteiger charge is -2.36. The molecule has 0 N–H and O–H groups in total. The molecule has 0 saturated carbocycles. The highest BCUT2D eigenvalue weighted by atomic mass is 35.5. The number of amides is 1. The van der Waals surface area contributed by atoms with E-state index < -0.39 is 28.6 Å². The van der Waals surface area contributed by atoms with Gasteiger partial charge in [-0.25, -0.2) is 9.78 Å². The molecule has 0 bridgehead atoms. The van der Waals surface area contributed by atoms with E-state index in [2.05, 4.69) is 4.98 Å². The minimum atomic E-state index is -4.54. The molecular weight excluding hydrogens is 359 g/mol. The number of alkyl halides is 3. The topological polar surface area (TPSA) is 45.7 Å². The Labute approximate surface area is 149 Å². The van der Waals surface area contributed by atoms with E-state index in [1.165, 1.54) is 13.0 Å². The predicted octanol–water partition coefficient (Wildman–Crippen LogP) is 4.12. The summed E-state index contributed by atoms with van der Waals surface area (Å²) in [6.45, 7) is 8.40. The number of aromatic nitrogens is 1. The van der Waals surface area contributed by atoms with Gasteiger partial charge in [-0.05, 0) is 39.3 Å². The quantitative estimate of drug-likeness (QED) is 0.688. The summed E-state index contributed by atoms with van der Waals surface area (Å²) in [7, 11) is 0. The van der Waals surface area contributed by atoms with Crippen molar-refractivity contribution in [3.05, 3.63) is 22.3 Å².